The molecule has 230 valence electrons. The number of carbonyl (C=O) groups excluding carboxylic acids is 2. The number of nitrogens with zero attached hydrogens (tertiary/aromatic N) is 2. The Hall–Kier alpha value is -3.35. The number of carbonyl (C=O) groups is 2. The highest BCUT2D eigenvalue weighted by Gasteiger charge is 2.60. The summed E-state index contributed by atoms with van der Waals surface area (Å²) in [5.74, 6) is 1.98. The first-order valence-corrected chi connectivity index (χ1v) is 16.1. The molecule has 4 aliphatic rings. The number of fused-ring (bicyclic) bond motifs is 5. The minimum atomic E-state index is -0.273. The first kappa shape index (κ1) is 29.7. The molecule has 7 atom stereocenters. The van der Waals surface area contributed by atoms with Crippen molar-refractivity contribution in [2.24, 2.45) is 28.6 Å². The van der Waals surface area contributed by atoms with Gasteiger partial charge in [-0.15, -0.1) is 0 Å². The van der Waals surface area contributed by atoms with Crippen LogP contribution >= 0.6 is 0 Å². The number of aromatic nitrogens is 2. The van der Waals surface area contributed by atoms with Crippen LogP contribution in [0.15, 0.2) is 60.2 Å². The minimum Gasteiger partial charge on any atom is -0.494 e. The Morgan fingerprint density at radius 2 is 1.95 bits per heavy atom. The van der Waals surface area contributed by atoms with Crippen molar-refractivity contribution < 1.29 is 23.8 Å². The maximum atomic E-state index is 12.2. The monoisotopic (exact) mass is 586 g/mol. The smallest absolute Gasteiger partial charge is 0.302 e. The fourth-order valence-corrected chi connectivity index (χ4v) is 9.13. The number of hydrogen-bond acceptors (Lipinski definition) is 6. The van der Waals surface area contributed by atoms with Crippen molar-refractivity contribution in [1.82, 2.24) is 9.55 Å². The Morgan fingerprint density at radius 1 is 1.12 bits per heavy atom. The summed E-state index contributed by atoms with van der Waals surface area (Å²) in [6.45, 7) is 9.35. The van der Waals surface area contributed by atoms with E-state index in [0.717, 1.165) is 50.8 Å². The van der Waals surface area contributed by atoms with Crippen molar-refractivity contribution in [3.05, 3.63) is 65.8 Å². The highest BCUT2D eigenvalue weighted by Crippen LogP contribution is 2.66. The number of imidazole rings is 1. The summed E-state index contributed by atoms with van der Waals surface area (Å²) in [5, 5.41) is 0. The lowest BCUT2D eigenvalue weighted by Gasteiger charge is -2.59. The molecule has 0 unspecified atom stereocenters. The number of esters is 2. The molecule has 0 spiro atoms. The van der Waals surface area contributed by atoms with Crippen LogP contribution < -0.4 is 4.74 Å². The van der Waals surface area contributed by atoms with E-state index in [-0.39, 0.29) is 35.0 Å². The molecule has 2 aromatic rings. The standard InChI is InChI=1S/C36H46N2O5/c1-24(39)42-30-20-28-9-10-31-32(36(28,4)34(21-30)43-25(2)40)11-12-35(3)22-27(19-33(31)35)17-26-7-5-8-29(18-26)41-16-6-14-38-15-13-37-23-38/h5,7-9,13,15,17-18,23,30-34H,6,10-12,14,16,19-22H2,1-4H3/t30-,31-,32+,33+,34-,35-,36+/m1/s1. The molecular weight excluding hydrogens is 540 g/mol. The van der Waals surface area contributed by atoms with Crippen molar-refractivity contribution in [3.63, 3.8) is 0 Å². The average molecular weight is 587 g/mol. The molecule has 3 saturated carbocycles. The Kier molecular flexibility index (Phi) is 8.27. The summed E-state index contributed by atoms with van der Waals surface area (Å²) >= 11 is 0. The molecule has 3 fully saturated rings. The molecule has 1 aromatic carbocycles. The summed E-state index contributed by atoms with van der Waals surface area (Å²) < 4.78 is 19.8. The van der Waals surface area contributed by atoms with E-state index in [1.54, 1.807) is 6.20 Å². The molecule has 0 aliphatic heterocycles. The van der Waals surface area contributed by atoms with Crippen molar-refractivity contribution in [3.8, 4) is 5.75 Å². The highest BCUT2D eigenvalue weighted by molar-refractivity contribution is 5.67. The van der Waals surface area contributed by atoms with Gasteiger partial charge in [0.05, 0.1) is 12.9 Å². The van der Waals surface area contributed by atoms with E-state index >= 15 is 0 Å². The van der Waals surface area contributed by atoms with Gasteiger partial charge in [0.15, 0.2) is 0 Å². The fourth-order valence-electron chi connectivity index (χ4n) is 9.13. The zero-order chi connectivity index (χ0) is 30.2. The van der Waals surface area contributed by atoms with Crippen molar-refractivity contribution in [2.75, 3.05) is 6.61 Å². The minimum absolute atomic E-state index is 0.220. The molecule has 0 amide bonds. The Balaban J connectivity index is 1.17. The summed E-state index contributed by atoms with van der Waals surface area (Å²) in [7, 11) is 0. The predicted molar refractivity (Wildman–Crippen MR) is 165 cm³/mol. The van der Waals surface area contributed by atoms with Gasteiger partial charge < -0.3 is 18.8 Å². The second-order valence-corrected chi connectivity index (χ2v) is 13.8. The van der Waals surface area contributed by atoms with Crippen LogP contribution in [-0.4, -0.2) is 40.3 Å². The van der Waals surface area contributed by atoms with Crippen LogP contribution in [0.25, 0.3) is 6.08 Å². The zero-order valence-corrected chi connectivity index (χ0v) is 26.1. The van der Waals surface area contributed by atoms with Crippen LogP contribution in [0.4, 0.5) is 0 Å². The lowest BCUT2D eigenvalue weighted by molar-refractivity contribution is -0.171. The molecule has 0 saturated heterocycles. The van der Waals surface area contributed by atoms with E-state index in [0.29, 0.717) is 30.8 Å². The molecule has 4 aliphatic carbocycles. The number of aryl methyl sites for hydroxylation is 1. The highest BCUT2D eigenvalue weighted by atomic mass is 16.6. The van der Waals surface area contributed by atoms with Gasteiger partial charge in [0.1, 0.15) is 18.0 Å². The summed E-state index contributed by atoms with van der Waals surface area (Å²) in [5.41, 5.74) is 4.11. The van der Waals surface area contributed by atoms with Crippen molar-refractivity contribution >= 4 is 18.0 Å². The Morgan fingerprint density at radius 3 is 2.72 bits per heavy atom. The zero-order valence-electron chi connectivity index (χ0n) is 26.1. The number of rotatable bonds is 8. The third kappa shape index (κ3) is 6.05. The number of allylic oxidation sites excluding steroid dienone is 2. The van der Waals surface area contributed by atoms with E-state index < -0.39 is 0 Å². The quantitative estimate of drug-likeness (QED) is 0.185. The summed E-state index contributed by atoms with van der Waals surface area (Å²) in [6.07, 6.45) is 17.8. The second kappa shape index (κ2) is 12.0. The maximum absolute atomic E-state index is 12.2. The largest absolute Gasteiger partial charge is 0.494 e. The van der Waals surface area contributed by atoms with E-state index in [1.807, 2.05) is 18.6 Å². The van der Waals surface area contributed by atoms with Gasteiger partial charge in [-0.25, -0.2) is 4.98 Å². The Labute approximate surface area is 255 Å². The van der Waals surface area contributed by atoms with Gasteiger partial charge in [-0.1, -0.05) is 49.3 Å². The molecule has 7 heteroatoms. The molecule has 0 radical (unpaired) electrons. The van der Waals surface area contributed by atoms with Crippen LogP contribution in [0.3, 0.4) is 0 Å². The van der Waals surface area contributed by atoms with Crippen LogP contribution in [0.2, 0.25) is 0 Å². The molecule has 1 aromatic heterocycles. The number of ether oxygens (including phenoxy) is 3. The first-order chi connectivity index (χ1) is 20.6. The lowest BCUT2D eigenvalue weighted by atomic mass is 9.47. The molecule has 43 heavy (non-hydrogen) atoms. The van der Waals surface area contributed by atoms with Crippen molar-refractivity contribution in [1.29, 1.82) is 0 Å². The van der Waals surface area contributed by atoms with Gasteiger partial charge in [-0.05, 0) is 79.4 Å². The molecule has 7 nitrogen and oxygen atoms in total. The normalized spacial score (nSPS) is 34.0. The third-order valence-electron chi connectivity index (χ3n) is 11.0. The van der Waals surface area contributed by atoms with E-state index in [9.17, 15) is 9.59 Å². The predicted octanol–water partition coefficient (Wildman–Crippen LogP) is 7.17. The molecule has 6 rings (SSSR count). The third-order valence-corrected chi connectivity index (χ3v) is 11.0. The second-order valence-electron chi connectivity index (χ2n) is 13.8. The van der Waals surface area contributed by atoms with Gasteiger partial charge in [0.2, 0.25) is 0 Å². The fraction of sp³-hybridized carbons (Fsp3) is 0.583. The van der Waals surface area contributed by atoms with Crippen LogP contribution in [0.1, 0.15) is 84.6 Å². The van der Waals surface area contributed by atoms with E-state index in [4.69, 9.17) is 14.2 Å². The molecule has 0 N–H and O–H groups in total. The summed E-state index contributed by atoms with van der Waals surface area (Å²) in [4.78, 5) is 28.1. The lowest BCUT2D eigenvalue weighted by Crippen LogP contribution is -2.56. The van der Waals surface area contributed by atoms with E-state index in [2.05, 4.69) is 53.7 Å². The maximum Gasteiger partial charge on any atom is 0.302 e. The molecule has 1 heterocycles. The van der Waals surface area contributed by atoms with Gasteiger partial charge in [0, 0.05) is 51.0 Å². The van der Waals surface area contributed by atoms with E-state index in [1.165, 1.54) is 37.0 Å². The SMILES string of the molecule is CC(=O)O[C@@H]1CC2=CC[C@H]3[C@@H]4CC(=Cc5cccc(OCCCn6ccnc6)c5)C[C@@]4(C)CC[C@@H]3[C@@]2(C)[C@H](OC(C)=O)C1. The number of hydrogen-bond donors (Lipinski definition) is 0. The van der Waals surface area contributed by atoms with Gasteiger partial charge in [-0.3, -0.25) is 9.59 Å². The molecular formula is C36H46N2O5. The van der Waals surface area contributed by atoms with Crippen LogP contribution in [0.5, 0.6) is 5.75 Å². The molecule has 0 bridgehead atoms. The first-order valence-electron chi connectivity index (χ1n) is 16.1. The summed E-state index contributed by atoms with van der Waals surface area (Å²) in [6, 6.07) is 8.48. The van der Waals surface area contributed by atoms with Gasteiger partial charge >= 0.3 is 11.9 Å². The number of benzene rings is 1. The van der Waals surface area contributed by atoms with Crippen LogP contribution in [-0.2, 0) is 25.6 Å². The van der Waals surface area contributed by atoms with Crippen LogP contribution in [0, 0.1) is 28.6 Å². The van der Waals surface area contributed by atoms with Gasteiger partial charge in [0.25, 0.3) is 0 Å². The van der Waals surface area contributed by atoms with Gasteiger partial charge in [-0.2, -0.15) is 0 Å². The Bertz CT molecular complexity index is 1400. The average Bonchev–Trinajstić information content (AvgIpc) is 3.58. The topological polar surface area (TPSA) is 79.7 Å². The van der Waals surface area contributed by atoms with Crippen molar-refractivity contribution in [2.45, 2.75) is 97.8 Å².